The zero-order valence-electron chi connectivity index (χ0n) is 11.6. The van der Waals surface area contributed by atoms with Crippen LogP contribution in [0.25, 0.3) is 0 Å². The van der Waals surface area contributed by atoms with Gasteiger partial charge >= 0.3 is 0 Å². The number of piperidine rings is 1. The molecule has 0 amide bonds. The molecule has 112 valence electrons. The van der Waals surface area contributed by atoms with Crippen molar-refractivity contribution in [1.29, 1.82) is 0 Å². The van der Waals surface area contributed by atoms with Crippen LogP contribution in [-0.2, 0) is 10.0 Å². The van der Waals surface area contributed by atoms with Crippen molar-refractivity contribution in [2.45, 2.75) is 38.0 Å². The molecule has 1 aromatic rings. The fourth-order valence-electron chi connectivity index (χ4n) is 2.34. The highest BCUT2D eigenvalue weighted by atomic mass is 79.9. The molecule has 0 N–H and O–H groups in total. The van der Waals surface area contributed by atoms with E-state index in [0.29, 0.717) is 17.6 Å². The highest BCUT2D eigenvalue weighted by Crippen LogP contribution is 2.36. The SMILES string of the molecule is CCC1(C)CCN(S(=O)(=O)c2cc(Br)cnc2Cl)CC1. The zero-order chi connectivity index (χ0) is 15.0. The van der Waals surface area contributed by atoms with Crippen molar-refractivity contribution in [3.05, 3.63) is 21.9 Å². The lowest BCUT2D eigenvalue weighted by Crippen LogP contribution is -2.42. The normalized spacial score (nSPS) is 20.0. The summed E-state index contributed by atoms with van der Waals surface area (Å²) in [5, 5.41) is 0.0250. The average molecular weight is 382 g/mol. The first kappa shape index (κ1) is 16.2. The van der Waals surface area contributed by atoms with E-state index in [1.54, 1.807) is 0 Å². The van der Waals surface area contributed by atoms with Crippen LogP contribution in [0.3, 0.4) is 0 Å². The zero-order valence-corrected chi connectivity index (χ0v) is 14.7. The first-order valence-electron chi connectivity index (χ1n) is 6.60. The van der Waals surface area contributed by atoms with Gasteiger partial charge in [-0.1, -0.05) is 31.9 Å². The minimum Gasteiger partial charge on any atom is -0.242 e. The maximum Gasteiger partial charge on any atom is 0.246 e. The summed E-state index contributed by atoms with van der Waals surface area (Å²) in [4.78, 5) is 3.97. The summed E-state index contributed by atoms with van der Waals surface area (Å²) in [5.41, 5.74) is 0.241. The van der Waals surface area contributed by atoms with Crippen molar-refractivity contribution in [2.24, 2.45) is 5.41 Å². The first-order valence-corrected chi connectivity index (χ1v) is 9.21. The maximum absolute atomic E-state index is 12.6. The van der Waals surface area contributed by atoms with Crippen LogP contribution in [0.5, 0.6) is 0 Å². The number of sulfonamides is 1. The minimum atomic E-state index is -3.56. The van der Waals surface area contributed by atoms with Gasteiger partial charge in [-0.15, -0.1) is 0 Å². The molecule has 1 aliphatic heterocycles. The lowest BCUT2D eigenvalue weighted by atomic mass is 9.79. The smallest absolute Gasteiger partial charge is 0.242 e. The Balaban J connectivity index is 2.26. The minimum absolute atomic E-state index is 0.0250. The molecule has 0 spiro atoms. The van der Waals surface area contributed by atoms with Crippen molar-refractivity contribution in [3.8, 4) is 0 Å². The predicted octanol–water partition coefficient (Wildman–Crippen LogP) is 3.70. The van der Waals surface area contributed by atoms with Gasteiger partial charge in [0.15, 0.2) is 0 Å². The van der Waals surface area contributed by atoms with E-state index in [1.165, 1.54) is 16.6 Å². The number of hydrogen-bond acceptors (Lipinski definition) is 3. The van der Waals surface area contributed by atoms with Crippen LogP contribution in [0.15, 0.2) is 21.6 Å². The third-order valence-corrected chi connectivity index (χ3v) is 6.93. The van der Waals surface area contributed by atoms with E-state index in [1.807, 2.05) is 0 Å². The van der Waals surface area contributed by atoms with E-state index >= 15 is 0 Å². The van der Waals surface area contributed by atoms with Crippen LogP contribution in [0, 0.1) is 5.41 Å². The van der Waals surface area contributed by atoms with Gasteiger partial charge in [-0.05, 0) is 40.3 Å². The summed E-state index contributed by atoms with van der Waals surface area (Å²) >= 11 is 9.18. The largest absolute Gasteiger partial charge is 0.246 e. The summed E-state index contributed by atoms with van der Waals surface area (Å²) < 4.78 is 27.4. The number of pyridine rings is 1. The van der Waals surface area contributed by atoms with Gasteiger partial charge in [0.1, 0.15) is 10.0 Å². The predicted molar refractivity (Wildman–Crippen MR) is 83.3 cm³/mol. The highest BCUT2D eigenvalue weighted by Gasteiger charge is 2.35. The Morgan fingerprint density at radius 3 is 2.60 bits per heavy atom. The van der Waals surface area contributed by atoms with E-state index in [0.717, 1.165) is 19.3 Å². The van der Waals surface area contributed by atoms with Gasteiger partial charge in [0.25, 0.3) is 0 Å². The fraction of sp³-hybridized carbons (Fsp3) is 0.615. The lowest BCUT2D eigenvalue weighted by Gasteiger charge is -2.38. The van der Waals surface area contributed by atoms with Gasteiger partial charge in [0, 0.05) is 23.8 Å². The number of rotatable bonds is 3. The van der Waals surface area contributed by atoms with Crippen molar-refractivity contribution >= 4 is 37.6 Å². The van der Waals surface area contributed by atoms with Crippen molar-refractivity contribution in [2.75, 3.05) is 13.1 Å². The molecule has 20 heavy (non-hydrogen) atoms. The Bertz CT molecular complexity index is 598. The molecule has 1 fully saturated rings. The number of nitrogens with zero attached hydrogens (tertiary/aromatic N) is 2. The Morgan fingerprint density at radius 2 is 2.05 bits per heavy atom. The quantitative estimate of drug-likeness (QED) is 0.750. The summed E-state index contributed by atoms with van der Waals surface area (Å²) in [6.07, 6.45) is 4.31. The second-order valence-corrected chi connectivity index (χ2v) is 8.69. The third kappa shape index (κ3) is 3.18. The molecule has 1 saturated heterocycles. The Hall–Kier alpha value is -0.170. The van der Waals surface area contributed by atoms with Gasteiger partial charge in [0.2, 0.25) is 10.0 Å². The molecule has 0 atom stereocenters. The maximum atomic E-state index is 12.6. The molecule has 0 radical (unpaired) electrons. The van der Waals surface area contributed by atoms with Crippen LogP contribution >= 0.6 is 27.5 Å². The molecule has 0 aliphatic carbocycles. The summed E-state index contributed by atoms with van der Waals surface area (Å²) in [6.45, 7) is 5.44. The molecule has 1 aromatic heterocycles. The molecule has 0 aromatic carbocycles. The van der Waals surface area contributed by atoms with Crippen LogP contribution in [0.1, 0.15) is 33.1 Å². The van der Waals surface area contributed by atoms with Crippen LogP contribution < -0.4 is 0 Å². The number of halogens is 2. The highest BCUT2D eigenvalue weighted by molar-refractivity contribution is 9.10. The average Bonchev–Trinajstić information content (AvgIpc) is 2.42. The number of aromatic nitrogens is 1. The second kappa shape index (κ2) is 5.91. The van der Waals surface area contributed by atoms with E-state index in [-0.39, 0.29) is 15.5 Å². The topological polar surface area (TPSA) is 50.3 Å². The Kier molecular flexibility index (Phi) is 4.79. The standard InChI is InChI=1S/C13H18BrClN2O2S/c1-3-13(2)4-6-17(7-5-13)20(18,19)11-8-10(14)9-16-12(11)15/h8-9H,3-7H2,1-2H3. The Morgan fingerprint density at radius 1 is 1.45 bits per heavy atom. The monoisotopic (exact) mass is 380 g/mol. The van der Waals surface area contributed by atoms with E-state index in [9.17, 15) is 8.42 Å². The van der Waals surface area contributed by atoms with Gasteiger partial charge in [-0.25, -0.2) is 13.4 Å². The third-order valence-electron chi connectivity index (χ3n) is 4.17. The summed E-state index contributed by atoms with van der Waals surface area (Å²) in [5.74, 6) is 0. The molecule has 1 aliphatic rings. The van der Waals surface area contributed by atoms with Gasteiger partial charge in [0.05, 0.1) is 0 Å². The van der Waals surface area contributed by atoms with Crippen LogP contribution in [0.2, 0.25) is 5.15 Å². The van der Waals surface area contributed by atoms with E-state index in [4.69, 9.17) is 11.6 Å². The molecular formula is C13H18BrClN2O2S. The van der Waals surface area contributed by atoms with Gasteiger partial charge in [-0.3, -0.25) is 0 Å². The molecule has 0 unspecified atom stereocenters. The van der Waals surface area contributed by atoms with Gasteiger partial charge in [-0.2, -0.15) is 4.31 Å². The first-order chi connectivity index (χ1) is 9.28. The Labute approximate surface area is 133 Å². The van der Waals surface area contributed by atoms with E-state index in [2.05, 4.69) is 34.8 Å². The summed E-state index contributed by atoms with van der Waals surface area (Å²) in [7, 11) is -3.56. The van der Waals surface area contributed by atoms with E-state index < -0.39 is 10.0 Å². The van der Waals surface area contributed by atoms with Crippen molar-refractivity contribution in [3.63, 3.8) is 0 Å². The molecule has 2 rings (SSSR count). The lowest BCUT2D eigenvalue weighted by molar-refractivity contribution is 0.169. The van der Waals surface area contributed by atoms with Crippen LogP contribution in [-0.4, -0.2) is 30.8 Å². The fourth-order valence-corrected chi connectivity index (χ4v) is 4.71. The second-order valence-electron chi connectivity index (χ2n) is 5.51. The molecule has 2 heterocycles. The number of hydrogen-bond donors (Lipinski definition) is 0. The molecular weight excluding hydrogens is 364 g/mol. The molecule has 0 bridgehead atoms. The molecule has 4 nitrogen and oxygen atoms in total. The molecule has 7 heteroatoms. The van der Waals surface area contributed by atoms with Crippen molar-refractivity contribution < 1.29 is 8.42 Å². The molecule has 0 saturated carbocycles. The van der Waals surface area contributed by atoms with Crippen LogP contribution in [0.4, 0.5) is 0 Å². The summed E-state index contributed by atoms with van der Waals surface area (Å²) in [6, 6.07) is 1.51. The van der Waals surface area contributed by atoms with Gasteiger partial charge < -0.3 is 0 Å². The van der Waals surface area contributed by atoms with Crippen molar-refractivity contribution in [1.82, 2.24) is 9.29 Å².